The van der Waals surface area contributed by atoms with Crippen LogP contribution in [0.1, 0.15) is 40.5 Å². The topological polar surface area (TPSA) is 18.5 Å². The maximum absolute atomic E-state index is 6.13. The van der Waals surface area contributed by atoms with Crippen LogP contribution in [0.4, 0.5) is 0 Å². The molecule has 2 atom stereocenters. The number of alkyl halides is 2. The average Bonchev–Trinajstić information content (AvgIpc) is 2.45. The summed E-state index contributed by atoms with van der Waals surface area (Å²) in [5, 5.41) is 0. The zero-order chi connectivity index (χ0) is 10.8. The molecular formula is C10H16Cl2O2. The van der Waals surface area contributed by atoms with Gasteiger partial charge in [0.05, 0.1) is 5.60 Å². The number of rotatable bonds is 1. The minimum absolute atomic E-state index is 0.415. The van der Waals surface area contributed by atoms with Crippen molar-refractivity contribution in [3.05, 3.63) is 0 Å². The third kappa shape index (κ3) is 1.18. The Labute approximate surface area is 94.8 Å². The summed E-state index contributed by atoms with van der Waals surface area (Å²) in [6, 6.07) is 0. The first-order valence-corrected chi connectivity index (χ1v) is 5.72. The van der Waals surface area contributed by atoms with Gasteiger partial charge in [-0.25, -0.2) is 0 Å². The first kappa shape index (κ1) is 11.0. The molecule has 2 fully saturated rings. The summed E-state index contributed by atoms with van der Waals surface area (Å²) in [6.45, 7) is 7.94. The van der Waals surface area contributed by atoms with E-state index in [1.807, 2.05) is 27.7 Å². The van der Waals surface area contributed by atoms with Crippen molar-refractivity contribution < 1.29 is 9.47 Å². The third-order valence-corrected chi connectivity index (χ3v) is 4.29. The largest absolute Gasteiger partial charge is 0.341 e. The van der Waals surface area contributed by atoms with Crippen LogP contribution in [-0.2, 0) is 9.47 Å². The first-order chi connectivity index (χ1) is 6.18. The molecule has 1 spiro atoms. The van der Waals surface area contributed by atoms with E-state index in [4.69, 9.17) is 32.7 Å². The van der Waals surface area contributed by atoms with Gasteiger partial charge in [-0.3, -0.25) is 0 Å². The monoisotopic (exact) mass is 238 g/mol. The van der Waals surface area contributed by atoms with Gasteiger partial charge in [-0.05, 0) is 27.2 Å². The Morgan fingerprint density at radius 2 is 1.64 bits per heavy atom. The molecule has 1 heterocycles. The SMILES string of the molecule is CCC1(C)OC(C)(C)C2(CC2(Cl)Cl)O1. The van der Waals surface area contributed by atoms with Gasteiger partial charge in [-0.2, -0.15) is 0 Å². The summed E-state index contributed by atoms with van der Waals surface area (Å²) in [5.41, 5.74) is -0.935. The van der Waals surface area contributed by atoms with Crippen LogP contribution in [0.2, 0.25) is 0 Å². The molecule has 1 saturated heterocycles. The minimum Gasteiger partial charge on any atom is -0.341 e. The van der Waals surface area contributed by atoms with Crippen molar-refractivity contribution in [2.75, 3.05) is 0 Å². The van der Waals surface area contributed by atoms with Gasteiger partial charge in [0.1, 0.15) is 5.60 Å². The molecule has 2 unspecified atom stereocenters. The maximum Gasteiger partial charge on any atom is 0.167 e. The molecule has 2 rings (SSSR count). The van der Waals surface area contributed by atoms with E-state index in [0.29, 0.717) is 6.42 Å². The number of halogens is 2. The van der Waals surface area contributed by atoms with Crippen molar-refractivity contribution in [2.24, 2.45) is 0 Å². The van der Waals surface area contributed by atoms with E-state index in [0.717, 1.165) is 6.42 Å². The van der Waals surface area contributed by atoms with Crippen molar-refractivity contribution in [1.29, 1.82) is 0 Å². The Morgan fingerprint density at radius 1 is 1.14 bits per heavy atom. The van der Waals surface area contributed by atoms with Gasteiger partial charge in [0.15, 0.2) is 10.1 Å². The molecule has 1 saturated carbocycles. The molecule has 1 aliphatic carbocycles. The van der Waals surface area contributed by atoms with E-state index in [-0.39, 0.29) is 0 Å². The summed E-state index contributed by atoms with van der Waals surface area (Å²) in [5.74, 6) is -0.547. The van der Waals surface area contributed by atoms with E-state index in [2.05, 4.69) is 0 Å². The Balaban J connectivity index is 2.31. The Morgan fingerprint density at radius 3 is 1.86 bits per heavy atom. The highest BCUT2D eigenvalue weighted by Crippen LogP contribution is 2.69. The first-order valence-electron chi connectivity index (χ1n) is 4.96. The Kier molecular flexibility index (Phi) is 2.04. The van der Waals surface area contributed by atoms with Gasteiger partial charge in [0.2, 0.25) is 0 Å². The normalized spacial score (nSPS) is 48.4. The van der Waals surface area contributed by atoms with E-state index < -0.39 is 21.3 Å². The van der Waals surface area contributed by atoms with Gasteiger partial charge in [-0.15, -0.1) is 0 Å². The van der Waals surface area contributed by atoms with Crippen LogP contribution >= 0.6 is 23.2 Å². The highest BCUT2D eigenvalue weighted by molar-refractivity contribution is 6.52. The van der Waals surface area contributed by atoms with Gasteiger partial charge >= 0.3 is 0 Å². The smallest absolute Gasteiger partial charge is 0.167 e. The lowest BCUT2D eigenvalue weighted by Gasteiger charge is -2.25. The van der Waals surface area contributed by atoms with Crippen molar-refractivity contribution in [2.45, 2.75) is 61.9 Å². The quantitative estimate of drug-likeness (QED) is 0.654. The fraction of sp³-hybridized carbons (Fsp3) is 1.00. The van der Waals surface area contributed by atoms with Crippen LogP contribution in [-0.4, -0.2) is 21.3 Å². The van der Waals surface area contributed by atoms with Crippen molar-refractivity contribution >= 4 is 23.2 Å². The molecule has 0 aromatic carbocycles. The average molecular weight is 239 g/mol. The molecule has 0 radical (unpaired) electrons. The highest BCUT2D eigenvalue weighted by Gasteiger charge is 2.80. The van der Waals surface area contributed by atoms with Crippen LogP contribution in [0.3, 0.4) is 0 Å². The van der Waals surface area contributed by atoms with E-state index in [1.165, 1.54) is 0 Å². The van der Waals surface area contributed by atoms with Gasteiger partial charge in [0, 0.05) is 6.42 Å². The zero-order valence-electron chi connectivity index (χ0n) is 8.99. The van der Waals surface area contributed by atoms with Crippen LogP contribution in [0.25, 0.3) is 0 Å². The Bertz CT molecular complexity index is 277. The minimum atomic E-state index is -0.788. The molecule has 0 bridgehead atoms. The standard InChI is InChI=1S/C10H16Cl2O2/c1-5-8(4)13-7(2,3)9(14-8)6-10(9,11)12/h5-6H2,1-4H3. The lowest BCUT2D eigenvalue weighted by atomic mass is 10.00. The predicted molar refractivity (Wildman–Crippen MR) is 56.7 cm³/mol. The highest BCUT2D eigenvalue weighted by atomic mass is 35.5. The van der Waals surface area contributed by atoms with Gasteiger partial charge < -0.3 is 9.47 Å². The van der Waals surface area contributed by atoms with Crippen LogP contribution in [0.5, 0.6) is 0 Å². The molecule has 1 aliphatic heterocycles. The fourth-order valence-electron chi connectivity index (χ4n) is 2.31. The molecule has 82 valence electrons. The lowest BCUT2D eigenvalue weighted by molar-refractivity contribution is -0.175. The number of ether oxygens (including phenoxy) is 2. The second-order valence-electron chi connectivity index (χ2n) is 4.91. The van der Waals surface area contributed by atoms with Crippen LogP contribution < -0.4 is 0 Å². The van der Waals surface area contributed by atoms with E-state index >= 15 is 0 Å². The summed E-state index contributed by atoms with van der Waals surface area (Å²) in [6.07, 6.45) is 1.44. The van der Waals surface area contributed by atoms with Crippen molar-refractivity contribution in [3.63, 3.8) is 0 Å². The molecule has 2 aliphatic rings. The van der Waals surface area contributed by atoms with E-state index in [9.17, 15) is 0 Å². The van der Waals surface area contributed by atoms with Crippen LogP contribution in [0.15, 0.2) is 0 Å². The zero-order valence-corrected chi connectivity index (χ0v) is 10.5. The molecule has 2 nitrogen and oxygen atoms in total. The van der Waals surface area contributed by atoms with Crippen molar-refractivity contribution in [1.82, 2.24) is 0 Å². The van der Waals surface area contributed by atoms with Gasteiger partial charge in [-0.1, -0.05) is 30.1 Å². The second-order valence-corrected chi connectivity index (χ2v) is 6.39. The van der Waals surface area contributed by atoms with Gasteiger partial charge in [0.25, 0.3) is 0 Å². The molecule has 0 aromatic rings. The maximum atomic E-state index is 6.13. The molecular weight excluding hydrogens is 223 g/mol. The molecule has 0 aromatic heterocycles. The fourth-order valence-corrected chi connectivity index (χ4v) is 3.22. The summed E-state index contributed by atoms with van der Waals surface area (Å²) >= 11 is 12.3. The molecule has 4 heteroatoms. The summed E-state index contributed by atoms with van der Waals surface area (Å²) in [7, 11) is 0. The van der Waals surface area contributed by atoms with Crippen molar-refractivity contribution in [3.8, 4) is 0 Å². The second kappa shape index (κ2) is 2.60. The predicted octanol–water partition coefficient (Wildman–Crippen LogP) is 3.25. The van der Waals surface area contributed by atoms with Crippen LogP contribution in [0, 0.1) is 0 Å². The lowest BCUT2D eigenvalue weighted by Crippen LogP contribution is -2.39. The summed E-state index contributed by atoms with van der Waals surface area (Å²) in [4.78, 5) is 0. The Hall–Kier alpha value is 0.500. The molecule has 0 N–H and O–H groups in total. The molecule has 14 heavy (non-hydrogen) atoms. The molecule has 0 amide bonds. The van der Waals surface area contributed by atoms with E-state index in [1.54, 1.807) is 0 Å². The number of hydrogen-bond donors (Lipinski definition) is 0. The number of hydrogen-bond acceptors (Lipinski definition) is 2. The third-order valence-electron chi connectivity index (χ3n) is 3.41. The summed E-state index contributed by atoms with van der Waals surface area (Å²) < 4.78 is 11.1.